The van der Waals surface area contributed by atoms with Crippen LogP contribution in [0.1, 0.15) is 45.4 Å². The lowest BCUT2D eigenvalue weighted by Crippen LogP contribution is -2.53. The first-order chi connectivity index (χ1) is 9.63. The van der Waals surface area contributed by atoms with E-state index in [1.54, 1.807) is 11.9 Å². The Bertz CT molecular complexity index is 359. The second kappa shape index (κ2) is 7.07. The summed E-state index contributed by atoms with van der Waals surface area (Å²) in [6.07, 6.45) is 5.72. The van der Waals surface area contributed by atoms with E-state index in [0.29, 0.717) is 12.3 Å². The Kier molecular flexibility index (Phi) is 5.40. The number of carbonyl (C=O) groups is 2. The third-order valence-electron chi connectivity index (χ3n) is 4.70. The molecule has 0 saturated carbocycles. The molecule has 2 saturated heterocycles. The van der Waals surface area contributed by atoms with Crippen LogP contribution in [0.4, 0.5) is 0 Å². The highest BCUT2D eigenvalue weighted by Crippen LogP contribution is 2.22. The van der Waals surface area contributed by atoms with E-state index < -0.39 is 0 Å². The maximum atomic E-state index is 12.5. The smallest absolute Gasteiger partial charge is 0.242 e. The van der Waals surface area contributed by atoms with E-state index in [4.69, 9.17) is 0 Å². The molecular formula is C15H27N3O2. The third-order valence-corrected chi connectivity index (χ3v) is 4.70. The minimum Gasteiger partial charge on any atom is -0.357 e. The molecule has 0 spiro atoms. The fourth-order valence-corrected chi connectivity index (χ4v) is 3.36. The van der Waals surface area contributed by atoms with Crippen molar-refractivity contribution in [2.24, 2.45) is 5.92 Å². The summed E-state index contributed by atoms with van der Waals surface area (Å²) in [6.45, 7) is 3.93. The van der Waals surface area contributed by atoms with Crippen molar-refractivity contribution in [3.8, 4) is 0 Å². The van der Waals surface area contributed by atoms with Crippen molar-refractivity contribution in [1.82, 2.24) is 15.5 Å². The topological polar surface area (TPSA) is 61.4 Å². The zero-order valence-corrected chi connectivity index (χ0v) is 12.7. The molecule has 0 aromatic rings. The Hall–Kier alpha value is -1.10. The van der Waals surface area contributed by atoms with Gasteiger partial charge in [-0.1, -0.05) is 6.92 Å². The van der Waals surface area contributed by atoms with E-state index in [2.05, 4.69) is 17.6 Å². The predicted molar refractivity (Wildman–Crippen MR) is 78.2 cm³/mol. The molecule has 0 radical (unpaired) electrons. The Labute approximate surface area is 121 Å². The van der Waals surface area contributed by atoms with Crippen LogP contribution in [-0.2, 0) is 9.59 Å². The lowest BCUT2D eigenvalue weighted by Gasteiger charge is -2.37. The number of nitrogens with zero attached hydrogens (tertiary/aromatic N) is 1. The van der Waals surface area contributed by atoms with Gasteiger partial charge in [-0.15, -0.1) is 0 Å². The molecule has 114 valence electrons. The first-order valence-electron chi connectivity index (χ1n) is 7.88. The monoisotopic (exact) mass is 281 g/mol. The van der Waals surface area contributed by atoms with E-state index in [1.165, 1.54) is 12.8 Å². The zero-order chi connectivity index (χ0) is 14.5. The molecule has 2 aliphatic rings. The molecule has 2 aliphatic heterocycles. The number of hydrogen-bond donors (Lipinski definition) is 2. The fourth-order valence-electron chi connectivity index (χ4n) is 3.36. The second-order valence-electron chi connectivity index (χ2n) is 6.10. The number of likely N-dealkylation sites (tertiary alicyclic amines) is 1. The number of nitrogens with one attached hydrogen (secondary N) is 2. The highest BCUT2D eigenvalue weighted by Gasteiger charge is 2.33. The molecular weight excluding hydrogens is 254 g/mol. The van der Waals surface area contributed by atoms with Crippen LogP contribution in [0.3, 0.4) is 0 Å². The largest absolute Gasteiger partial charge is 0.357 e. The maximum absolute atomic E-state index is 12.5. The number of rotatable bonds is 3. The van der Waals surface area contributed by atoms with Crippen molar-refractivity contribution >= 4 is 11.8 Å². The molecule has 2 rings (SSSR count). The number of carbonyl (C=O) groups excluding carboxylic acids is 2. The lowest BCUT2D eigenvalue weighted by molar-refractivity contribution is -0.142. The van der Waals surface area contributed by atoms with Gasteiger partial charge in [0, 0.05) is 26.1 Å². The van der Waals surface area contributed by atoms with Gasteiger partial charge in [0.05, 0.1) is 0 Å². The summed E-state index contributed by atoms with van der Waals surface area (Å²) in [5.41, 5.74) is 0. The molecule has 3 unspecified atom stereocenters. The molecule has 2 amide bonds. The minimum absolute atomic E-state index is 0.0253. The highest BCUT2D eigenvalue weighted by atomic mass is 16.2. The molecule has 5 nitrogen and oxygen atoms in total. The van der Waals surface area contributed by atoms with Gasteiger partial charge in [-0.2, -0.15) is 0 Å². The standard InChI is InChI=1S/C15H27N3O2/c1-11-6-5-8-17-12(11)10-14(19)18-9-4-3-7-13(18)15(20)16-2/h11-13,17H,3-10H2,1-2H3,(H,16,20). The number of hydrogen-bond acceptors (Lipinski definition) is 3. The lowest BCUT2D eigenvalue weighted by atomic mass is 9.89. The Morgan fingerprint density at radius 3 is 2.75 bits per heavy atom. The van der Waals surface area contributed by atoms with Crippen molar-refractivity contribution in [3.05, 3.63) is 0 Å². The molecule has 3 atom stereocenters. The van der Waals surface area contributed by atoms with Gasteiger partial charge in [0.15, 0.2) is 0 Å². The normalized spacial score (nSPS) is 30.9. The van der Waals surface area contributed by atoms with Crippen LogP contribution < -0.4 is 10.6 Å². The molecule has 2 N–H and O–H groups in total. The van der Waals surface area contributed by atoms with Crippen molar-refractivity contribution in [3.63, 3.8) is 0 Å². The molecule has 0 aromatic carbocycles. The molecule has 2 fully saturated rings. The molecule has 5 heteroatoms. The van der Waals surface area contributed by atoms with Crippen LogP contribution in [0, 0.1) is 5.92 Å². The Morgan fingerprint density at radius 2 is 2.05 bits per heavy atom. The molecule has 0 aliphatic carbocycles. The summed E-state index contributed by atoms with van der Waals surface area (Å²) < 4.78 is 0. The van der Waals surface area contributed by atoms with E-state index >= 15 is 0 Å². The predicted octanol–water partition coefficient (Wildman–Crippen LogP) is 0.892. The van der Waals surface area contributed by atoms with Crippen LogP contribution in [0.15, 0.2) is 0 Å². The first kappa shape index (κ1) is 15.3. The Balaban J connectivity index is 1.96. The van der Waals surface area contributed by atoms with Gasteiger partial charge in [0.1, 0.15) is 6.04 Å². The number of piperidine rings is 2. The van der Waals surface area contributed by atoms with Crippen LogP contribution in [0.25, 0.3) is 0 Å². The average molecular weight is 281 g/mol. The summed E-state index contributed by atoms with van der Waals surface area (Å²) in [7, 11) is 1.64. The average Bonchev–Trinajstić information content (AvgIpc) is 2.48. The Morgan fingerprint density at radius 1 is 1.25 bits per heavy atom. The van der Waals surface area contributed by atoms with Gasteiger partial charge < -0.3 is 15.5 Å². The minimum atomic E-state index is -0.264. The van der Waals surface area contributed by atoms with Crippen LogP contribution in [0.5, 0.6) is 0 Å². The molecule has 20 heavy (non-hydrogen) atoms. The summed E-state index contributed by atoms with van der Waals surface area (Å²) in [5, 5.41) is 6.13. The van der Waals surface area contributed by atoms with Gasteiger partial charge in [-0.05, 0) is 44.6 Å². The van der Waals surface area contributed by atoms with Gasteiger partial charge in [0.25, 0.3) is 0 Å². The highest BCUT2D eigenvalue weighted by molar-refractivity contribution is 5.87. The van der Waals surface area contributed by atoms with Crippen LogP contribution in [0.2, 0.25) is 0 Å². The van der Waals surface area contributed by atoms with Gasteiger partial charge in [0.2, 0.25) is 11.8 Å². The molecule has 0 aromatic heterocycles. The number of likely N-dealkylation sites (N-methyl/N-ethyl adjacent to an activating group) is 1. The van der Waals surface area contributed by atoms with E-state index in [1.807, 2.05) is 0 Å². The van der Waals surface area contributed by atoms with Crippen molar-refractivity contribution in [2.75, 3.05) is 20.1 Å². The summed E-state index contributed by atoms with van der Waals surface area (Å²) in [6, 6.07) is 0.00339. The van der Waals surface area contributed by atoms with Gasteiger partial charge in [-0.25, -0.2) is 0 Å². The van der Waals surface area contributed by atoms with E-state index in [0.717, 1.165) is 32.4 Å². The van der Waals surface area contributed by atoms with Crippen LogP contribution >= 0.6 is 0 Å². The van der Waals surface area contributed by atoms with Crippen molar-refractivity contribution < 1.29 is 9.59 Å². The van der Waals surface area contributed by atoms with E-state index in [9.17, 15) is 9.59 Å². The number of amides is 2. The third kappa shape index (κ3) is 3.51. The summed E-state index contributed by atoms with van der Waals surface area (Å²) >= 11 is 0. The first-order valence-corrected chi connectivity index (χ1v) is 7.88. The maximum Gasteiger partial charge on any atom is 0.242 e. The van der Waals surface area contributed by atoms with Crippen LogP contribution in [-0.4, -0.2) is 48.9 Å². The van der Waals surface area contributed by atoms with Gasteiger partial charge in [-0.3, -0.25) is 9.59 Å². The quantitative estimate of drug-likeness (QED) is 0.808. The summed E-state index contributed by atoms with van der Waals surface area (Å²) in [5.74, 6) is 0.642. The summed E-state index contributed by atoms with van der Waals surface area (Å²) in [4.78, 5) is 26.3. The SMILES string of the molecule is CNC(=O)C1CCCCN1C(=O)CC1NCCCC1C. The molecule has 2 heterocycles. The second-order valence-corrected chi connectivity index (χ2v) is 6.10. The van der Waals surface area contributed by atoms with Crippen molar-refractivity contribution in [2.45, 2.75) is 57.5 Å². The molecule has 0 bridgehead atoms. The van der Waals surface area contributed by atoms with E-state index in [-0.39, 0.29) is 23.9 Å². The van der Waals surface area contributed by atoms with Crippen molar-refractivity contribution in [1.29, 1.82) is 0 Å². The zero-order valence-electron chi connectivity index (χ0n) is 12.7. The van der Waals surface area contributed by atoms with Gasteiger partial charge >= 0.3 is 0 Å². The fraction of sp³-hybridized carbons (Fsp3) is 0.867.